The monoisotopic (exact) mass is 248 g/mol. The van der Waals surface area contributed by atoms with Crippen LogP contribution >= 0.6 is 0 Å². The lowest BCUT2D eigenvalue weighted by atomic mass is 9.76. The highest BCUT2D eigenvalue weighted by Crippen LogP contribution is 2.33. The van der Waals surface area contributed by atoms with Gasteiger partial charge < -0.3 is 10.8 Å². The molecular formula is C14H20N2O2. The van der Waals surface area contributed by atoms with Crippen LogP contribution in [0.3, 0.4) is 0 Å². The molecule has 0 atom stereocenters. The van der Waals surface area contributed by atoms with E-state index in [0.717, 1.165) is 12.8 Å². The fourth-order valence-electron chi connectivity index (χ4n) is 2.46. The minimum atomic E-state index is -1.16. The van der Waals surface area contributed by atoms with Crippen LogP contribution in [0.5, 0.6) is 0 Å². The number of anilines is 1. The molecule has 1 aromatic rings. The van der Waals surface area contributed by atoms with Gasteiger partial charge in [0.25, 0.3) is 0 Å². The molecule has 1 heterocycles. The summed E-state index contributed by atoms with van der Waals surface area (Å²) >= 11 is 0. The van der Waals surface area contributed by atoms with Crippen LogP contribution in [0.4, 0.5) is 5.82 Å². The van der Waals surface area contributed by atoms with Crippen LogP contribution in [-0.4, -0.2) is 21.5 Å². The predicted octanol–water partition coefficient (Wildman–Crippen LogP) is 1.72. The molecule has 1 aromatic heterocycles. The molecule has 1 aliphatic carbocycles. The molecule has 0 aliphatic heterocycles. The molecule has 0 aromatic carbocycles. The number of carbonyl (C=O) groups excluding carboxylic acids is 1. The SMILES string of the molecule is CC1CCC(O)(C(=O)Cc2cccnc2N)CC1. The van der Waals surface area contributed by atoms with E-state index in [2.05, 4.69) is 11.9 Å². The maximum Gasteiger partial charge on any atom is 0.168 e. The van der Waals surface area contributed by atoms with E-state index in [4.69, 9.17) is 5.73 Å². The largest absolute Gasteiger partial charge is 0.383 e. The predicted molar refractivity (Wildman–Crippen MR) is 69.9 cm³/mol. The van der Waals surface area contributed by atoms with E-state index < -0.39 is 5.60 Å². The van der Waals surface area contributed by atoms with Gasteiger partial charge in [0.15, 0.2) is 5.78 Å². The van der Waals surface area contributed by atoms with Crippen LogP contribution in [0.15, 0.2) is 18.3 Å². The van der Waals surface area contributed by atoms with Gasteiger partial charge in [0.1, 0.15) is 11.4 Å². The first-order valence-electron chi connectivity index (χ1n) is 6.46. The molecule has 0 radical (unpaired) electrons. The summed E-state index contributed by atoms with van der Waals surface area (Å²) in [5.41, 5.74) is 5.26. The van der Waals surface area contributed by atoms with E-state index in [-0.39, 0.29) is 12.2 Å². The quantitative estimate of drug-likeness (QED) is 0.854. The molecule has 1 fully saturated rings. The normalized spacial score (nSPS) is 28.0. The summed E-state index contributed by atoms with van der Waals surface area (Å²) in [6.07, 6.45) is 4.71. The van der Waals surface area contributed by atoms with Crippen molar-refractivity contribution in [3.8, 4) is 0 Å². The first-order chi connectivity index (χ1) is 8.51. The van der Waals surface area contributed by atoms with Crippen molar-refractivity contribution in [1.29, 1.82) is 0 Å². The van der Waals surface area contributed by atoms with Crippen LogP contribution in [0.1, 0.15) is 38.2 Å². The van der Waals surface area contributed by atoms with Crippen molar-refractivity contribution in [1.82, 2.24) is 4.98 Å². The van der Waals surface area contributed by atoms with E-state index >= 15 is 0 Å². The highest BCUT2D eigenvalue weighted by Gasteiger charge is 2.38. The van der Waals surface area contributed by atoms with Crippen molar-refractivity contribution in [3.63, 3.8) is 0 Å². The summed E-state index contributed by atoms with van der Waals surface area (Å²) in [7, 11) is 0. The van der Waals surface area contributed by atoms with Gasteiger partial charge in [0.05, 0.1) is 0 Å². The zero-order chi connectivity index (χ0) is 13.2. The van der Waals surface area contributed by atoms with Gasteiger partial charge in [0.2, 0.25) is 0 Å². The molecular weight excluding hydrogens is 228 g/mol. The van der Waals surface area contributed by atoms with Crippen LogP contribution in [0, 0.1) is 5.92 Å². The third-order valence-corrected chi connectivity index (χ3v) is 3.90. The Balaban J connectivity index is 2.06. The summed E-state index contributed by atoms with van der Waals surface area (Å²) in [6.45, 7) is 2.16. The molecule has 1 saturated carbocycles. The summed E-state index contributed by atoms with van der Waals surface area (Å²) in [4.78, 5) is 16.2. The number of nitrogen functional groups attached to an aromatic ring is 1. The minimum absolute atomic E-state index is 0.130. The number of pyridine rings is 1. The Labute approximate surface area is 107 Å². The van der Waals surface area contributed by atoms with E-state index in [0.29, 0.717) is 30.1 Å². The fraction of sp³-hybridized carbons (Fsp3) is 0.571. The smallest absolute Gasteiger partial charge is 0.168 e. The van der Waals surface area contributed by atoms with Gasteiger partial charge in [-0.1, -0.05) is 13.0 Å². The molecule has 98 valence electrons. The molecule has 2 rings (SSSR count). The van der Waals surface area contributed by atoms with Gasteiger partial charge in [0, 0.05) is 18.2 Å². The van der Waals surface area contributed by atoms with E-state index in [1.54, 1.807) is 18.3 Å². The van der Waals surface area contributed by atoms with Crippen LogP contribution in [-0.2, 0) is 11.2 Å². The van der Waals surface area contributed by atoms with Gasteiger partial charge in [-0.25, -0.2) is 4.98 Å². The number of aromatic nitrogens is 1. The Morgan fingerprint density at radius 3 is 2.83 bits per heavy atom. The highest BCUT2D eigenvalue weighted by molar-refractivity contribution is 5.89. The Hall–Kier alpha value is -1.42. The van der Waals surface area contributed by atoms with Crippen molar-refractivity contribution in [2.75, 3.05) is 5.73 Å². The van der Waals surface area contributed by atoms with Gasteiger partial charge in [-0.05, 0) is 37.7 Å². The standard InChI is InChI=1S/C14H20N2O2/c1-10-4-6-14(18,7-5-10)12(17)9-11-3-2-8-16-13(11)15/h2-3,8,10,18H,4-7,9H2,1H3,(H2,15,16). The molecule has 0 bridgehead atoms. The Morgan fingerprint density at radius 1 is 1.56 bits per heavy atom. The van der Waals surface area contributed by atoms with Gasteiger partial charge in [-0.2, -0.15) is 0 Å². The number of nitrogens with zero attached hydrogens (tertiary/aromatic N) is 1. The van der Waals surface area contributed by atoms with Gasteiger partial charge >= 0.3 is 0 Å². The Kier molecular flexibility index (Phi) is 3.66. The van der Waals surface area contributed by atoms with Crippen molar-refractivity contribution < 1.29 is 9.90 Å². The maximum absolute atomic E-state index is 12.2. The molecule has 0 spiro atoms. The second-order valence-corrected chi connectivity index (χ2v) is 5.36. The van der Waals surface area contributed by atoms with E-state index in [9.17, 15) is 9.90 Å². The van der Waals surface area contributed by atoms with E-state index in [1.165, 1.54) is 0 Å². The number of carbonyl (C=O) groups is 1. The maximum atomic E-state index is 12.2. The minimum Gasteiger partial charge on any atom is -0.383 e. The Bertz CT molecular complexity index is 437. The third-order valence-electron chi connectivity index (χ3n) is 3.90. The fourth-order valence-corrected chi connectivity index (χ4v) is 2.46. The number of aliphatic hydroxyl groups is 1. The van der Waals surface area contributed by atoms with Crippen LogP contribution in [0.25, 0.3) is 0 Å². The van der Waals surface area contributed by atoms with Crippen molar-refractivity contribution >= 4 is 11.6 Å². The average molecular weight is 248 g/mol. The first kappa shape index (κ1) is 13.0. The summed E-state index contributed by atoms with van der Waals surface area (Å²) in [5, 5.41) is 10.4. The molecule has 4 nitrogen and oxygen atoms in total. The second-order valence-electron chi connectivity index (χ2n) is 5.36. The lowest BCUT2D eigenvalue weighted by Crippen LogP contribution is -2.42. The van der Waals surface area contributed by atoms with Crippen LogP contribution in [0.2, 0.25) is 0 Å². The molecule has 1 aliphatic rings. The Morgan fingerprint density at radius 2 is 2.22 bits per heavy atom. The number of hydrogen-bond acceptors (Lipinski definition) is 4. The summed E-state index contributed by atoms with van der Waals surface area (Å²) < 4.78 is 0. The number of hydrogen-bond donors (Lipinski definition) is 2. The molecule has 0 amide bonds. The number of ketones is 1. The molecule has 4 heteroatoms. The highest BCUT2D eigenvalue weighted by atomic mass is 16.3. The van der Waals surface area contributed by atoms with Crippen LogP contribution < -0.4 is 5.73 Å². The van der Waals surface area contributed by atoms with Crippen molar-refractivity contribution in [2.24, 2.45) is 5.92 Å². The molecule has 18 heavy (non-hydrogen) atoms. The second kappa shape index (κ2) is 5.06. The van der Waals surface area contributed by atoms with E-state index in [1.807, 2.05) is 0 Å². The van der Waals surface area contributed by atoms with Gasteiger partial charge in [-0.3, -0.25) is 4.79 Å². The third kappa shape index (κ3) is 2.70. The number of rotatable bonds is 3. The topological polar surface area (TPSA) is 76.2 Å². The zero-order valence-electron chi connectivity index (χ0n) is 10.7. The molecule has 0 saturated heterocycles. The molecule has 0 unspecified atom stereocenters. The van der Waals surface area contributed by atoms with Gasteiger partial charge in [-0.15, -0.1) is 0 Å². The van der Waals surface area contributed by atoms with Crippen molar-refractivity contribution in [3.05, 3.63) is 23.9 Å². The lowest BCUT2D eigenvalue weighted by Gasteiger charge is -2.33. The number of nitrogens with two attached hydrogens (primary N) is 1. The number of Topliss-reactive ketones (excluding diaryl/α,β-unsaturated/α-hetero) is 1. The lowest BCUT2D eigenvalue weighted by molar-refractivity contribution is -0.140. The average Bonchev–Trinajstić information content (AvgIpc) is 2.36. The summed E-state index contributed by atoms with van der Waals surface area (Å²) in [6, 6.07) is 3.54. The van der Waals surface area contributed by atoms with Crippen molar-refractivity contribution in [2.45, 2.75) is 44.6 Å². The molecule has 3 N–H and O–H groups in total. The first-order valence-corrected chi connectivity index (χ1v) is 6.46. The summed E-state index contributed by atoms with van der Waals surface area (Å²) in [5.74, 6) is 0.842. The zero-order valence-corrected chi connectivity index (χ0v) is 10.7.